The molecule has 0 atom stereocenters. The highest BCUT2D eigenvalue weighted by Gasteiger charge is 2.12. The standard InChI is InChI=1S/C15H24N2O4/c1-15(2,3)21-10-9-20-13-6-5-12(11-16-13)14(19)17(4)7-8-18/h5-6,11,18H,7-10H2,1-4H3. The molecule has 1 aromatic heterocycles. The van der Waals surface area contributed by atoms with Crippen LogP contribution in [0.1, 0.15) is 31.1 Å². The number of hydrogen-bond donors (Lipinski definition) is 1. The molecule has 1 heterocycles. The number of aromatic nitrogens is 1. The summed E-state index contributed by atoms with van der Waals surface area (Å²) in [6, 6.07) is 3.31. The summed E-state index contributed by atoms with van der Waals surface area (Å²) in [6.07, 6.45) is 1.47. The molecule has 6 nitrogen and oxygen atoms in total. The molecule has 118 valence electrons. The molecule has 0 saturated heterocycles. The van der Waals surface area contributed by atoms with Crippen LogP contribution in [0.2, 0.25) is 0 Å². The fourth-order valence-corrected chi connectivity index (χ4v) is 1.56. The summed E-state index contributed by atoms with van der Waals surface area (Å²) < 4.78 is 11.0. The first kappa shape index (κ1) is 17.4. The van der Waals surface area contributed by atoms with Crippen LogP contribution in [0.5, 0.6) is 5.88 Å². The first-order valence-corrected chi connectivity index (χ1v) is 6.92. The number of carbonyl (C=O) groups excluding carboxylic acids is 1. The van der Waals surface area contributed by atoms with Crippen molar-refractivity contribution in [3.05, 3.63) is 23.9 Å². The number of carbonyl (C=O) groups is 1. The number of hydrogen-bond acceptors (Lipinski definition) is 5. The predicted molar refractivity (Wildman–Crippen MR) is 79.5 cm³/mol. The van der Waals surface area contributed by atoms with Gasteiger partial charge >= 0.3 is 0 Å². The van der Waals surface area contributed by atoms with Crippen molar-refractivity contribution in [2.24, 2.45) is 0 Å². The molecular weight excluding hydrogens is 272 g/mol. The molecule has 0 fully saturated rings. The molecule has 1 N–H and O–H groups in total. The fourth-order valence-electron chi connectivity index (χ4n) is 1.56. The molecule has 21 heavy (non-hydrogen) atoms. The van der Waals surface area contributed by atoms with Gasteiger partial charge in [-0.3, -0.25) is 4.79 Å². The number of rotatable bonds is 7. The maximum absolute atomic E-state index is 11.9. The summed E-state index contributed by atoms with van der Waals surface area (Å²) in [5, 5.41) is 8.81. The Morgan fingerprint density at radius 3 is 2.57 bits per heavy atom. The maximum atomic E-state index is 11.9. The Morgan fingerprint density at radius 2 is 2.05 bits per heavy atom. The van der Waals surface area contributed by atoms with E-state index in [9.17, 15) is 4.79 Å². The highest BCUT2D eigenvalue weighted by atomic mass is 16.5. The van der Waals surface area contributed by atoms with Crippen LogP contribution in [0, 0.1) is 0 Å². The van der Waals surface area contributed by atoms with E-state index in [1.807, 2.05) is 20.8 Å². The number of pyridine rings is 1. The molecule has 0 aliphatic carbocycles. The molecule has 0 aliphatic rings. The van der Waals surface area contributed by atoms with Gasteiger partial charge in [0.05, 0.1) is 24.4 Å². The van der Waals surface area contributed by atoms with Gasteiger partial charge in [-0.1, -0.05) is 0 Å². The number of ether oxygens (including phenoxy) is 2. The van der Waals surface area contributed by atoms with Crippen LogP contribution >= 0.6 is 0 Å². The second-order valence-electron chi connectivity index (χ2n) is 5.64. The van der Waals surface area contributed by atoms with Gasteiger partial charge in [-0.05, 0) is 26.8 Å². The molecule has 0 aromatic carbocycles. The molecule has 1 amide bonds. The van der Waals surface area contributed by atoms with Gasteiger partial charge in [-0.15, -0.1) is 0 Å². The third-order valence-corrected chi connectivity index (χ3v) is 2.63. The highest BCUT2D eigenvalue weighted by Crippen LogP contribution is 2.10. The van der Waals surface area contributed by atoms with Crippen LogP contribution in [-0.4, -0.2) is 59.9 Å². The Hall–Kier alpha value is -1.66. The number of nitrogens with zero attached hydrogens (tertiary/aromatic N) is 2. The minimum atomic E-state index is -0.190. The number of aliphatic hydroxyl groups is 1. The van der Waals surface area contributed by atoms with Crippen LogP contribution in [-0.2, 0) is 4.74 Å². The lowest BCUT2D eigenvalue weighted by atomic mass is 10.2. The van der Waals surface area contributed by atoms with E-state index in [0.29, 0.717) is 31.2 Å². The summed E-state index contributed by atoms with van der Waals surface area (Å²) >= 11 is 0. The van der Waals surface area contributed by atoms with Crippen LogP contribution in [0.25, 0.3) is 0 Å². The van der Waals surface area contributed by atoms with Crippen LogP contribution < -0.4 is 4.74 Å². The molecule has 0 saturated carbocycles. The van der Waals surface area contributed by atoms with E-state index in [1.165, 1.54) is 11.1 Å². The lowest BCUT2D eigenvalue weighted by Crippen LogP contribution is -2.29. The number of likely N-dealkylation sites (N-methyl/N-ethyl adjacent to an activating group) is 1. The third-order valence-electron chi connectivity index (χ3n) is 2.63. The van der Waals surface area contributed by atoms with E-state index in [2.05, 4.69) is 4.98 Å². The summed E-state index contributed by atoms with van der Waals surface area (Å²) in [4.78, 5) is 17.5. The molecule has 6 heteroatoms. The summed E-state index contributed by atoms with van der Waals surface area (Å²) in [7, 11) is 1.63. The van der Waals surface area contributed by atoms with Crippen molar-refractivity contribution < 1.29 is 19.4 Å². The van der Waals surface area contributed by atoms with Gasteiger partial charge in [0.2, 0.25) is 5.88 Å². The van der Waals surface area contributed by atoms with Crippen molar-refractivity contribution in [1.82, 2.24) is 9.88 Å². The van der Waals surface area contributed by atoms with Gasteiger partial charge in [-0.25, -0.2) is 4.98 Å². The average Bonchev–Trinajstić information content (AvgIpc) is 2.43. The fraction of sp³-hybridized carbons (Fsp3) is 0.600. The highest BCUT2D eigenvalue weighted by molar-refractivity contribution is 5.93. The van der Waals surface area contributed by atoms with E-state index >= 15 is 0 Å². The van der Waals surface area contributed by atoms with Crippen LogP contribution in [0.3, 0.4) is 0 Å². The SMILES string of the molecule is CN(CCO)C(=O)c1ccc(OCCOC(C)(C)C)nc1. The minimum Gasteiger partial charge on any atom is -0.475 e. The smallest absolute Gasteiger partial charge is 0.255 e. The van der Waals surface area contributed by atoms with E-state index in [4.69, 9.17) is 14.6 Å². The van der Waals surface area contributed by atoms with Crippen LogP contribution in [0.15, 0.2) is 18.3 Å². The average molecular weight is 296 g/mol. The maximum Gasteiger partial charge on any atom is 0.255 e. The van der Waals surface area contributed by atoms with Gasteiger partial charge in [-0.2, -0.15) is 0 Å². The third kappa shape index (κ3) is 6.55. The van der Waals surface area contributed by atoms with Crippen LogP contribution in [0.4, 0.5) is 0 Å². The number of aliphatic hydroxyl groups excluding tert-OH is 1. The minimum absolute atomic E-state index is 0.0648. The Morgan fingerprint density at radius 1 is 1.33 bits per heavy atom. The van der Waals surface area contributed by atoms with E-state index in [1.54, 1.807) is 19.2 Å². The second-order valence-corrected chi connectivity index (χ2v) is 5.64. The topological polar surface area (TPSA) is 71.9 Å². The van der Waals surface area contributed by atoms with Gasteiger partial charge in [0.25, 0.3) is 5.91 Å². The quantitative estimate of drug-likeness (QED) is 0.769. The normalized spacial score (nSPS) is 11.3. The Labute approximate surface area is 125 Å². The lowest BCUT2D eigenvalue weighted by Gasteiger charge is -2.19. The summed E-state index contributed by atoms with van der Waals surface area (Å²) in [5.74, 6) is 0.271. The van der Waals surface area contributed by atoms with Gasteiger partial charge in [0.1, 0.15) is 6.61 Å². The van der Waals surface area contributed by atoms with Gasteiger partial charge < -0.3 is 19.5 Å². The first-order valence-electron chi connectivity index (χ1n) is 6.92. The lowest BCUT2D eigenvalue weighted by molar-refractivity contribution is -0.0168. The van der Waals surface area contributed by atoms with Crippen molar-refractivity contribution in [2.75, 3.05) is 33.4 Å². The summed E-state index contributed by atoms with van der Waals surface area (Å²) in [5.41, 5.74) is 0.272. The molecular formula is C15H24N2O4. The van der Waals surface area contributed by atoms with Crippen molar-refractivity contribution in [2.45, 2.75) is 26.4 Å². The Balaban J connectivity index is 2.45. The zero-order valence-corrected chi connectivity index (χ0v) is 13.1. The molecule has 0 bridgehead atoms. The molecule has 0 unspecified atom stereocenters. The zero-order chi connectivity index (χ0) is 15.9. The van der Waals surface area contributed by atoms with Crippen molar-refractivity contribution in [3.63, 3.8) is 0 Å². The predicted octanol–water partition coefficient (Wildman–Crippen LogP) is 1.34. The molecule has 0 aliphatic heterocycles. The van der Waals surface area contributed by atoms with Gasteiger partial charge in [0.15, 0.2) is 0 Å². The van der Waals surface area contributed by atoms with Gasteiger partial charge in [0, 0.05) is 25.9 Å². The van der Waals surface area contributed by atoms with E-state index in [0.717, 1.165) is 0 Å². The first-order chi connectivity index (χ1) is 9.83. The monoisotopic (exact) mass is 296 g/mol. The Kier molecular flexibility index (Phi) is 6.58. The zero-order valence-electron chi connectivity index (χ0n) is 13.1. The summed E-state index contributed by atoms with van der Waals surface area (Å²) in [6.45, 7) is 7.05. The van der Waals surface area contributed by atoms with E-state index < -0.39 is 0 Å². The van der Waals surface area contributed by atoms with Crippen molar-refractivity contribution in [3.8, 4) is 5.88 Å². The molecule has 1 aromatic rings. The molecule has 0 spiro atoms. The number of amides is 1. The largest absolute Gasteiger partial charge is 0.475 e. The van der Waals surface area contributed by atoms with Crippen molar-refractivity contribution in [1.29, 1.82) is 0 Å². The van der Waals surface area contributed by atoms with Crippen molar-refractivity contribution >= 4 is 5.91 Å². The van der Waals surface area contributed by atoms with E-state index in [-0.39, 0.29) is 18.1 Å². The second kappa shape index (κ2) is 7.95. The molecule has 0 radical (unpaired) electrons. The Bertz CT molecular complexity index is 440. The molecule has 1 rings (SSSR count).